The van der Waals surface area contributed by atoms with Gasteiger partial charge in [-0.3, -0.25) is 9.78 Å². The highest BCUT2D eigenvalue weighted by Gasteiger charge is 2.09. The Morgan fingerprint density at radius 3 is 2.95 bits per heavy atom. The number of hydrogen-bond acceptors (Lipinski definition) is 6. The first kappa shape index (κ1) is 13.0. The molecular weight excluding hydrogens is 246 g/mol. The van der Waals surface area contributed by atoms with Crippen LogP contribution >= 0.6 is 0 Å². The highest BCUT2D eigenvalue weighted by atomic mass is 16.5. The molecule has 0 radical (unpaired) electrons. The van der Waals surface area contributed by atoms with Gasteiger partial charge in [0.25, 0.3) is 5.91 Å². The third kappa shape index (κ3) is 3.51. The molecule has 0 aliphatic heterocycles. The minimum atomic E-state index is -0.124. The van der Waals surface area contributed by atoms with E-state index in [2.05, 4.69) is 20.4 Å². The minimum absolute atomic E-state index is 0.124. The molecule has 1 N–H and O–H groups in total. The SMILES string of the molecule is CN(C)C(=O)c1cc(NCCc2ncno2)ccn1. The normalized spacial score (nSPS) is 10.2. The maximum atomic E-state index is 11.8. The fraction of sp³-hybridized carbons (Fsp3) is 0.333. The van der Waals surface area contributed by atoms with Crippen LogP contribution in [-0.2, 0) is 6.42 Å². The van der Waals surface area contributed by atoms with E-state index in [1.54, 1.807) is 32.4 Å². The van der Waals surface area contributed by atoms with E-state index in [-0.39, 0.29) is 5.91 Å². The summed E-state index contributed by atoms with van der Waals surface area (Å²) in [5.74, 6) is 0.451. The topological polar surface area (TPSA) is 84.2 Å². The summed E-state index contributed by atoms with van der Waals surface area (Å²) < 4.78 is 4.89. The average molecular weight is 261 g/mol. The molecular formula is C12H15N5O2. The number of amides is 1. The molecule has 19 heavy (non-hydrogen) atoms. The Hall–Kier alpha value is -2.44. The molecule has 7 nitrogen and oxygen atoms in total. The molecule has 2 aromatic heterocycles. The molecule has 1 amide bonds. The lowest BCUT2D eigenvalue weighted by Gasteiger charge is -2.10. The first-order valence-corrected chi connectivity index (χ1v) is 5.84. The summed E-state index contributed by atoms with van der Waals surface area (Å²) in [6, 6.07) is 3.52. The van der Waals surface area contributed by atoms with Gasteiger partial charge in [-0.1, -0.05) is 5.16 Å². The summed E-state index contributed by atoms with van der Waals surface area (Å²) in [7, 11) is 3.39. The highest BCUT2D eigenvalue weighted by molar-refractivity contribution is 5.92. The Bertz CT molecular complexity index is 539. The molecule has 0 aliphatic rings. The number of anilines is 1. The number of nitrogens with zero attached hydrogens (tertiary/aromatic N) is 4. The predicted molar refractivity (Wildman–Crippen MR) is 68.7 cm³/mol. The van der Waals surface area contributed by atoms with Crippen LogP contribution < -0.4 is 5.32 Å². The summed E-state index contributed by atoms with van der Waals surface area (Å²) in [6.45, 7) is 0.641. The molecule has 0 spiro atoms. The van der Waals surface area contributed by atoms with Crippen LogP contribution in [0.3, 0.4) is 0 Å². The number of pyridine rings is 1. The van der Waals surface area contributed by atoms with Gasteiger partial charge in [0, 0.05) is 38.9 Å². The number of carbonyl (C=O) groups excluding carboxylic acids is 1. The van der Waals surface area contributed by atoms with Gasteiger partial charge in [0.2, 0.25) is 5.89 Å². The first-order chi connectivity index (χ1) is 9.16. The van der Waals surface area contributed by atoms with Gasteiger partial charge in [0.15, 0.2) is 6.33 Å². The Morgan fingerprint density at radius 1 is 1.42 bits per heavy atom. The molecule has 100 valence electrons. The molecule has 2 rings (SSSR count). The summed E-state index contributed by atoms with van der Waals surface area (Å²) in [4.78, 5) is 21.2. The van der Waals surface area contributed by atoms with Crippen molar-refractivity contribution in [3.63, 3.8) is 0 Å². The van der Waals surface area contributed by atoms with Crippen LogP contribution in [0.4, 0.5) is 5.69 Å². The van der Waals surface area contributed by atoms with Crippen LogP contribution in [0, 0.1) is 0 Å². The third-order valence-corrected chi connectivity index (χ3v) is 2.46. The van der Waals surface area contributed by atoms with Gasteiger partial charge in [-0.05, 0) is 12.1 Å². The monoisotopic (exact) mass is 261 g/mol. The molecule has 0 fully saturated rings. The van der Waals surface area contributed by atoms with Crippen LogP contribution in [0.25, 0.3) is 0 Å². The van der Waals surface area contributed by atoms with E-state index >= 15 is 0 Å². The molecule has 0 bridgehead atoms. The first-order valence-electron chi connectivity index (χ1n) is 5.84. The van der Waals surface area contributed by atoms with Gasteiger partial charge in [-0.15, -0.1) is 0 Å². The number of rotatable bonds is 5. The summed E-state index contributed by atoms with van der Waals surface area (Å²) in [5.41, 5.74) is 1.24. The lowest BCUT2D eigenvalue weighted by Crippen LogP contribution is -2.22. The molecule has 0 unspecified atom stereocenters. The van der Waals surface area contributed by atoms with Crippen LogP contribution in [-0.4, -0.2) is 46.6 Å². The van der Waals surface area contributed by atoms with Crippen LogP contribution in [0.2, 0.25) is 0 Å². The summed E-state index contributed by atoms with van der Waals surface area (Å²) in [5, 5.41) is 6.71. The molecule has 2 heterocycles. The predicted octanol–water partition coefficient (Wildman–Crippen LogP) is 0.821. The smallest absolute Gasteiger partial charge is 0.272 e. The molecule has 2 aromatic rings. The van der Waals surface area contributed by atoms with E-state index in [1.807, 2.05) is 0 Å². The van der Waals surface area contributed by atoms with Crippen LogP contribution in [0.15, 0.2) is 29.2 Å². The maximum Gasteiger partial charge on any atom is 0.272 e. The van der Waals surface area contributed by atoms with Crippen molar-refractivity contribution in [1.29, 1.82) is 0 Å². The third-order valence-electron chi connectivity index (χ3n) is 2.46. The van der Waals surface area contributed by atoms with Crippen molar-refractivity contribution < 1.29 is 9.32 Å². The molecule has 0 aliphatic carbocycles. The van der Waals surface area contributed by atoms with Gasteiger partial charge in [-0.2, -0.15) is 4.98 Å². The van der Waals surface area contributed by atoms with Crippen molar-refractivity contribution in [3.8, 4) is 0 Å². The lowest BCUT2D eigenvalue weighted by molar-refractivity contribution is 0.0822. The zero-order valence-corrected chi connectivity index (χ0v) is 10.8. The van der Waals surface area contributed by atoms with Crippen LogP contribution in [0.5, 0.6) is 0 Å². The number of hydrogen-bond donors (Lipinski definition) is 1. The van der Waals surface area contributed by atoms with Crippen molar-refractivity contribution in [2.45, 2.75) is 6.42 Å². The molecule has 0 aromatic carbocycles. The zero-order valence-electron chi connectivity index (χ0n) is 10.8. The van der Waals surface area contributed by atoms with E-state index in [0.717, 1.165) is 5.69 Å². The van der Waals surface area contributed by atoms with E-state index in [0.29, 0.717) is 24.6 Å². The Balaban J connectivity index is 1.93. The fourth-order valence-electron chi connectivity index (χ4n) is 1.51. The summed E-state index contributed by atoms with van der Waals surface area (Å²) >= 11 is 0. The van der Waals surface area contributed by atoms with Gasteiger partial charge < -0.3 is 14.7 Å². The lowest BCUT2D eigenvalue weighted by atomic mass is 10.3. The van der Waals surface area contributed by atoms with E-state index in [1.165, 1.54) is 11.2 Å². The van der Waals surface area contributed by atoms with E-state index < -0.39 is 0 Å². The van der Waals surface area contributed by atoms with Crippen molar-refractivity contribution in [3.05, 3.63) is 36.2 Å². The molecule has 7 heteroatoms. The second kappa shape index (κ2) is 5.94. The van der Waals surface area contributed by atoms with Crippen molar-refractivity contribution in [2.75, 3.05) is 26.0 Å². The van der Waals surface area contributed by atoms with Gasteiger partial charge in [0.05, 0.1) is 0 Å². The maximum absolute atomic E-state index is 11.8. The number of carbonyl (C=O) groups is 1. The Labute approximate surface area is 110 Å². The average Bonchev–Trinajstić information content (AvgIpc) is 2.91. The molecule has 0 atom stereocenters. The Morgan fingerprint density at radius 2 is 2.26 bits per heavy atom. The standard InChI is InChI=1S/C12H15N5O2/c1-17(2)12(18)10-7-9(3-5-14-10)13-6-4-11-15-8-16-19-11/h3,5,7-8H,4,6H2,1-2H3,(H,13,14). The largest absolute Gasteiger partial charge is 0.384 e. The van der Waals surface area contributed by atoms with Crippen LogP contribution in [0.1, 0.15) is 16.4 Å². The minimum Gasteiger partial charge on any atom is -0.384 e. The number of nitrogens with one attached hydrogen (secondary N) is 1. The second-order valence-electron chi connectivity index (χ2n) is 4.14. The van der Waals surface area contributed by atoms with Crippen molar-refractivity contribution >= 4 is 11.6 Å². The quantitative estimate of drug-likeness (QED) is 0.857. The van der Waals surface area contributed by atoms with Crippen molar-refractivity contribution in [2.24, 2.45) is 0 Å². The highest BCUT2D eigenvalue weighted by Crippen LogP contribution is 2.09. The van der Waals surface area contributed by atoms with Crippen molar-refractivity contribution in [1.82, 2.24) is 20.0 Å². The van der Waals surface area contributed by atoms with Gasteiger partial charge >= 0.3 is 0 Å². The Kier molecular flexibility index (Phi) is 4.07. The number of aromatic nitrogens is 3. The summed E-state index contributed by atoms with van der Waals surface area (Å²) in [6.07, 6.45) is 3.60. The molecule has 0 saturated heterocycles. The molecule has 0 saturated carbocycles. The van der Waals surface area contributed by atoms with E-state index in [4.69, 9.17) is 4.52 Å². The second-order valence-corrected chi connectivity index (χ2v) is 4.14. The zero-order chi connectivity index (χ0) is 13.7. The fourth-order valence-corrected chi connectivity index (χ4v) is 1.51. The van der Waals surface area contributed by atoms with Gasteiger partial charge in [-0.25, -0.2) is 0 Å². The van der Waals surface area contributed by atoms with Gasteiger partial charge in [0.1, 0.15) is 5.69 Å². The van der Waals surface area contributed by atoms with E-state index in [9.17, 15) is 4.79 Å².